The Morgan fingerprint density at radius 3 is 2.13 bits per heavy atom. The van der Waals surface area contributed by atoms with Gasteiger partial charge in [0.25, 0.3) is 0 Å². The average molecular weight is 456 g/mol. The molecule has 0 heterocycles. The summed E-state index contributed by atoms with van der Waals surface area (Å²) >= 11 is 11.9. The number of hydrogen-bond donors (Lipinski definition) is 2. The highest BCUT2D eigenvalue weighted by Gasteiger charge is 2.14. The normalized spacial score (nSPS) is 10.5. The minimum atomic E-state index is -0.957. The van der Waals surface area contributed by atoms with Crippen molar-refractivity contribution in [3.63, 3.8) is 0 Å². The van der Waals surface area contributed by atoms with Crippen LogP contribution in [0.4, 0.5) is 5.69 Å². The molecular formula is C22H15Cl2N3O4. The summed E-state index contributed by atoms with van der Waals surface area (Å²) < 4.78 is 5.28. The fourth-order valence-corrected chi connectivity index (χ4v) is 2.76. The maximum atomic E-state index is 12.2. The Balaban J connectivity index is 1.53. The summed E-state index contributed by atoms with van der Waals surface area (Å²) in [6.07, 6.45) is 1.33. The van der Waals surface area contributed by atoms with Gasteiger partial charge < -0.3 is 10.1 Å². The molecule has 0 bridgehead atoms. The van der Waals surface area contributed by atoms with Crippen LogP contribution in [0.3, 0.4) is 0 Å². The van der Waals surface area contributed by atoms with Crippen molar-refractivity contribution in [2.24, 2.45) is 5.10 Å². The van der Waals surface area contributed by atoms with E-state index in [1.165, 1.54) is 6.21 Å². The van der Waals surface area contributed by atoms with Crippen molar-refractivity contribution in [2.75, 3.05) is 5.32 Å². The number of ether oxygens (including phenoxy) is 1. The Labute approximate surface area is 187 Å². The summed E-state index contributed by atoms with van der Waals surface area (Å²) in [5.41, 5.74) is 3.29. The molecule has 2 N–H and O–H groups in total. The van der Waals surface area contributed by atoms with Crippen LogP contribution in [0.2, 0.25) is 10.0 Å². The summed E-state index contributed by atoms with van der Waals surface area (Å²) in [6.45, 7) is 0. The van der Waals surface area contributed by atoms with Crippen molar-refractivity contribution in [3.8, 4) is 5.75 Å². The fourth-order valence-electron chi connectivity index (χ4n) is 2.37. The van der Waals surface area contributed by atoms with Crippen molar-refractivity contribution in [1.82, 2.24) is 5.43 Å². The van der Waals surface area contributed by atoms with Crippen LogP contribution in [-0.2, 0) is 9.59 Å². The van der Waals surface area contributed by atoms with Gasteiger partial charge in [-0.1, -0.05) is 47.5 Å². The lowest BCUT2D eigenvalue weighted by molar-refractivity contribution is -0.136. The average Bonchev–Trinajstić information content (AvgIpc) is 2.76. The molecule has 0 radical (unpaired) electrons. The zero-order valence-corrected chi connectivity index (χ0v) is 17.4. The number of rotatable bonds is 5. The van der Waals surface area contributed by atoms with Crippen LogP contribution < -0.4 is 15.5 Å². The lowest BCUT2D eigenvalue weighted by atomic mass is 10.2. The van der Waals surface area contributed by atoms with Crippen LogP contribution in [0.1, 0.15) is 15.9 Å². The smallest absolute Gasteiger partial charge is 0.345 e. The molecule has 0 aliphatic carbocycles. The van der Waals surface area contributed by atoms with Gasteiger partial charge in [0.15, 0.2) is 0 Å². The first-order valence-corrected chi connectivity index (χ1v) is 9.65. The van der Waals surface area contributed by atoms with Crippen LogP contribution >= 0.6 is 23.2 Å². The van der Waals surface area contributed by atoms with Crippen LogP contribution in [0, 0.1) is 0 Å². The van der Waals surface area contributed by atoms with Gasteiger partial charge in [-0.25, -0.2) is 10.2 Å². The molecule has 0 aliphatic rings. The van der Waals surface area contributed by atoms with Crippen molar-refractivity contribution in [2.45, 2.75) is 0 Å². The van der Waals surface area contributed by atoms with Gasteiger partial charge in [0.1, 0.15) is 5.75 Å². The number of esters is 1. The molecule has 0 aliphatic heterocycles. The molecule has 9 heteroatoms. The van der Waals surface area contributed by atoms with Gasteiger partial charge in [0.05, 0.1) is 27.5 Å². The topological polar surface area (TPSA) is 96.9 Å². The van der Waals surface area contributed by atoms with E-state index < -0.39 is 17.8 Å². The number of nitrogens with zero attached hydrogens (tertiary/aromatic N) is 1. The first kappa shape index (κ1) is 22.0. The van der Waals surface area contributed by atoms with E-state index in [1.54, 1.807) is 72.8 Å². The van der Waals surface area contributed by atoms with Gasteiger partial charge in [-0.05, 0) is 54.1 Å². The van der Waals surface area contributed by atoms with Gasteiger partial charge in [-0.15, -0.1) is 0 Å². The van der Waals surface area contributed by atoms with Gasteiger partial charge in [-0.2, -0.15) is 5.10 Å². The Morgan fingerprint density at radius 1 is 0.806 bits per heavy atom. The number of halogens is 2. The molecule has 7 nitrogen and oxygen atoms in total. The third-order valence-corrected chi connectivity index (χ3v) is 4.55. The maximum Gasteiger partial charge on any atom is 0.345 e. The van der Waals surface area contributed by atoms with E-state index >= 15 is 0 Å². The van der Waals surface area contributed by atoms with Crippen LogP contribution in [0.25, 0.3) is 0 Å². The highest BCUT2D eigenvalue weighted by Crippen LogP contribution is 2.20. The van der Waals surface area contributed by atoms with Gasteiger partial charge in [0.2, 0.25) is 0 Å². The van der Waals surface area contributed by atoms with Crippen molar-refractivity contribution in [3.05, 3.63) is 94.0 Å². The quantitative estimate of drug-likeness (QED) is 0.197. The minimum absolute atomic E-state index is 0.257. The predicted octanol–water partition coefficient (Wildman–Crippen LogP) is 4.30. The Bertz CT molecular complexity index is 1150. The number of para-hydroxylation sites is 1. The van der Waals surface area contributed by atoms with Gasteiger partial charge in [0, 0.05) is 0 Å². The molecule has 156 valence electrons. The zero-order chi connectivity index (χ0) is 22.2. The van der Waals surface area contributed by atoms with E-state index in [1.807, 2.05) is 0 Å². The van der Waals surface area contributed by atoms with Crippen LogP contribution in [0.5, 0.6) is 5.75 Å². The zero-order valence-electron chi connectivity index (χ0n) is 15.8. The second-order valence-corrected chi connectivity index (χ2v) is 6.89. The summed E-state index contributed by atoms with van der Waals surface area (Å²) in [7, 11) is 0. The summed E-state index contributed by atoms with van der Waals surface area (Å²) in [5, 5.41) is 6.72. The van der Waals surface area contributed by atoms with E-state index in [2.05, 4.69) is 15.8 Å². The summed E-state index contributed by atoms with van der Waals surface area (Å²) in [4.78, 5) is 35.9. The third kappa shape index (κ3) is 6.15. The Kier molecular flexibility index (Phi) is 7.37. The van der Waals surface area contributed by atoms with E-state index in [9.17, 15) is 14.4 Å². The summed E-state index contributed by atoms with van der Waals surface area (Å²) in [5.74, 6) is -2.14. The maximum absolute atomic E-state index is 12.2. The monoisotopic (exact) mass is 455 g/mol. The second kappa shape index (κ2) is 10.4. The predicted molar refractivity (Wildman–Crippen MR) is 119 cm³/mol. The Hall–Kier alpha value is -3.68. The van der Waals surface area contributed by atoms with E-state index in [4.69, 9.17) is 27.9 Å². The van der Waals surface area contributed by atoms with Crippen molar-refractivity contribution in [1.29, 1.82) is 0 Å². The highest BCUT2D eigenvalue weighted by atomic mass is 35.5. The molecule has 0 aromatic heterocycles. The molecule has 0 saturated heterocycles. The first-order valence-electron chi connectivity index (χ1n) is 8.90. The first-order chi connectivity index (χ1) is 14.9. The SMILES string of the molecule is O=C(N/N=C/c1ccc(OC(=O)c2ccccc2Cl)cc1)C(=O)Nc1ccccc1Cl. The molecule has 3 aromatic carbocycles. The van der Waals surface area contributed by atoms with Crippen LogP contribution in [0.15, 0.2) is 77.9 Å². The largest absolute Gasteiger partial charge is 0.423 e. The number of hydrazone groups is 1. The fraction of sp³-hybridized carbons (Fsp3) is 0. The second-order valence-electron chi connectivity index (χ2n) is 6.07. The summed E-state index contributed by atoms with van der Waals surface area (Å²) in [6, 6.07) is 19.4. The number of anilines is 1. The molecule has 0 spiro atoms. The molecular weight excluding hydrogens is 441 g/mol. The molecule has 0 unspecified atom stereocenters. The molecule has 0 atom stereocenters. The van der Waals surface area contributed by atoms with E-state index in [0.29, 0.717) is 27.0 Å². The number of amides is 2. The number of hydrogen-bond acceptors (Lipinski definition) is 5. The highest BCUT2D eigenvalue weighted by molar-refractivity contribution is 6.41. The molecule has 31 heavy (non-hydrogen) atoms. The van der Waals surface area contributed by atoms with E-state index in [-0.39, 0.29) is 5.56 Å². The number of nitrogens with one attached hydrogen (secondary N) is 2. The van der Waals surface area contributed by atoms with Gasteiger partial charge >= 0.3 is 17.8 Å². The van der Waals surface area contributed by atoms with Gasteiger partial charge in [-0.3, -0.25) is 9.59 Å². The van der Waals surface area contributed by atoms with E-state index in [0.717, 1.165) is 0 Å². The van der Waals surface area contributed by atoms with Crippen LogP contribution in [-0.4, -0.2) is 24.0 Å². The molecule has 0 saturated carbocycles. The molecule has 3 rings (SSSR count). The van der Waals surface area contributed by atoms with Crippen molar-refractivity contribution >= 4 is 52.9 Å². The van der Waals surface area contributed by atoms with Crippen molar-refractivity contribution < 1.29 is 19.1 Å². The Morgan fingerprint density at radius 2 is 1.45 bits per heavy atom. The number of benzene rings is 3. The molecule has 0 fully saturated rings. The lowest BCUT2D eigenvalue weighted by Gasteiger charge is -2.06. The molecule has 2 amide bonds. The lowest BCUT2D eigenvalue weighted by Crippen LogP contribution is -2.32. The molecule has 3 aromatic rings. The standard InChI is InChI=1S/C22H15Cl2N3O4/c23-17-6-2-1-5-16(17)22(30)31-15-11-9-14(10-12-15)13-25-27-21(29)20(28)26-19-8-4-3-7-18(19)24/h1-13H,(H,26,28)(H,27,29)/b25-13+. The minimum Gasteiger partial charge on any atom is -0.423 e. The third-order valence-electron chi connectivity index (χ3n) is 3.89. The number of carbonyl (C=O) groups excluding carboxylic acids is 3. The number of carbonyl (C=O) groups is 3.